The Balaban J connectivity index is 2.32. The summed E-state index contributed by atoms with van der Waals surface area (Å²) in [6.07, 6.45) is 3.41. The number of nitrogens with one attached hydrogen (secondary N) is 1. The van der Waals surface area contributed by atoms with Gasteiger partial charge in [-0.25, -0.2) is 13.2 Å². The van der Waals surface area contributed by atoms with E-state index < -0.39 is 22.0 Å². The van der Waals surface area contributed by atoms with Crippen LogP contribution in [0.4, 0.5) is 0 Å². The number of aliphatic hydroxyl groups is 1. The summed E-state index contributed by atoms with van der Waals surface area (Å²) in [5.41, 5.74) is -0.170. The summed E-state index contributed by atoms with van der Waals surface area (Å²) >= 11 is 0. The number of H-pyrrole nitrogens is 1. The third-order valence-electron chi connectivity index (χ3n) is 3.28. The Labute approximate surface area is 110 Å². The van der Waals surface area contributed by atoms with E-state index in [1.165, 1.54) is 10.5 Å². The summed E-state index contributed by atoms with van der Waals surface area (Å²) in [7, 11) is -3.76. The second kappa shape index (κ2) is 5.32. The van der Waals surface area contributed by atoms with E-state index in [2.05, 4.69) is 4.98 Å². The molecule has 1 aromatic heterocycles. The van der Waals surface area contributed by atoms with Crippen LogP contribution >= 0.6 is 0 Å². The molecule has 0 spiro atoms. The van der Waals surface area contributed by atoms with Gasteiger partial charge in [-0.05, 0) is 18.9 Å². The number of hydrogen-bond acceptors (Lipinski definition) is 4. The summed E-state index contributed by atoms with van der Waals surface area (Å²) in [5, 5.41) is 18.0. The number of aromatic nitrogens is 1. The molecule has 8 heteroatoms. The zero-order chi connectivity index (χ0) is 14.0. The lowest BCUT2D eigenvalue weighted by Crippen LogP contribution is -2.45. The number of aliphatic hydroxyl groups excluding tert-OH is 1. The number of nitrogens with zero attached hydrogens (tertiary/aromatic N) is 1. The molecule has 0 saturated carbocycles. The molecular weight excluding hydrogens is 272 g/mol. The highest BCUT2D eigenvalue weighted by Gasteiger charge is 2.33. The third kappa shape index (κ3) is 2.65. The average molecular weight is 288 g/mol. The fraction of sp³-hybridized carbons (Fsp3) is 0.545. The minimum absolute atomic E-state index is 0.0785. The second-order valence-electron chi connectivity index (χ2n) is 4.50. The maximum atomic E-state index is 12.4. The molecule has 1 aromatic rings. The van der Waals surface area contributed by atoms with Gasteiger partial charge in [0.2, 0.25) is 10.0 Å². The minimum Gasteiger partial charge on any atom is -0.477 e. The number of carboxylic acid groups (broad SMARTS) is 1. The molecule has 1 fully saturated rings. The zero-order valence-corrected chi connectivity index (χ0v) is 11.1. The topological polar surface area (TPSA) is 111 Å². The van der Waals surface area contributed by atoms with Crippen LogP contribution in [0, 0.1) is 0 Å². The molecule has 3 N–H and O–H groups in total. The standard InChI is InChI=1S/C11H16N2O5S/c14-7-8-3-1-2-4-13(8)19(17,18)9-5-10(11(15)16)12-6-9/h5-6,8,12,14H,1-4,7H2,(H,15,16). The molecule has 0 amide bonds. The molecule has 106 valence electrons. The summed E-state index contributed by atoms with van der Waals surface area (Å²) in [6.45, 7) is 0.122. The predicted molar refractivity (Wildman–Crippen MR) is 66.4 cm³/mol. The van der Waals surface area contributed by atoms with Crippen molar-refractivity contribution in [2.75, 3.05) is 13.2 Å². The molecular formula is C11H16N2O5S. The van der Waals surface area contributed by atoms with Gasteiger partial charge in [-0.3, -0.25) is 0 Å². The largest absolute Gasteiger partial charge is 0.477 e. The Morgan fingerprint density at radius 3 is 2.79 bits per heavy atom. The molecule has 1 unspecified atom stereocenters. The predicted octanol–water partition coefficient (Wildman–Crippen LogP) is 0.248. The molecule has 0 aliphatic carbocycles. The number of carboxylic acids is 1. The van der Waals surface area contributed by atoms with E-state index in [-0.39, 0.29) is 17.2 Å². The number of hydrogen-bond donors (Lipinski definition) is 3. The van der Waals surface area contributed by atoms with E-state index in [1.54, 1.807) is 0 Å². The molecule has 19 heavy (non-hydrogen) atoms. The molecule has 0 aromatic carbocycles. The van der Waals surface area contributed by atoms with E-state index in [0.29, 0.717) is 13.0 Å². The molecule has 1 saturated heterocycles. The van der Waals surface area contributed by atoms with E-state index in [4.69, 9.17) is 5.11 Å². The summed E-state index contributed by atoms with van der Waals surface area (Å²) < 4.78 is 26.0. The molecule has 1 aliphatic rings. The van der Waals surface area contributed by atoms with Crippen LogP contribution in [0.5, 0.6) is 0 Å². The normalized spacial score (nSPS) is 21.4. The maximum absolute atomic E-state index is 12.4. The first-order valence-electron chi connectivity index (χ1n) is 6.01. The smallest absolute Gasteiger partial charge is 0.352 e. The Morgan fingerprint density at radius 2 is 2.21 bits per heavy atom. The van der Waals surface area contributed by atoms with Crippen LogP contribution in [-0.4, -0.2) is 53.1 Å². The van der Waals surface area contributed by atoms with Crippen LogP contribution in [0.25, 0.3) is 0 Å². The molecule has 7 nitrogen and oxygen atoms in total. The van der Waals surface area contributed by atoms with Gasteiger partial charge in [-0.1, -0.05) is 6.42 Å². The first-order valence-corrected chi connectivity index (χ1v) is 7.45. The van der Waals surface area contributed by atoms with Crippen LogP contribution in [0.2, 0.25) is 0 Å². The van der Waals surface area contributed by atoms with Gasteiger partial charge in [0.05, 0.1) is 6.61 Å². The fourth-order valence-electron chi connectivity index (χ4n) is 2.26. The first-order chi connectivity index (χ1) is 8.96. The molecule has 1 atom stereocenters. The molecule has 2 rings (SSSR count). The van der Waals surface area contributed by atoms with Gasteiger partial charge in [0.1, 0.15) is 10.6 Å². The number of carbonyl (C=O) groups is 1. The van der Waals surface area contributed by atoms with Crippen molar-refractivity contribution in [1.82, 2.24) is 9.29 Å². The van der Waals surface area contributed by atoms with Crippen molar-refractivity contribution < 1.29 is 23.4 Å². The van der Waals surface area contributed by atoms with E-state index in [1.807, 2.05) is 0 Å². The second-order valence-corrected chi connectivity index (χ2v) is 6.39. The van der Waals surface area contributed by atoms with Crippen molar-refractivity contribution in [3.05, 3.63) is 18.0 Å². The van der Waals surface area contributed by atoms with E-state index in [9.17, 15) is 18.3 Å². The highest BCUT2D eigenvalue weighted by molar-refractivity contribution is 7.89. The number of sulfonamides is 1. The van der Waals surface area contributed by atoms with Crippen molar-refractivity contribution in [3.8, 4) is 0 Å². The number of piperidine rings is 1. The van der Waals surface area contributed by atoms with Crippen molar-refractivity contribution in [2.45, 2.75) is 30.2 Å². The van der Waals surface area contributed by atoms with Crippen LogP contribution in [0.15, 0.2) is 17.2 Å². The van der Waals surface area contributed by atoms with E-state index in [0.717, 1.165) is 18.9 Å². The van der Waals surface area contributed by atoms with Crippen LogP contribution in [-0.2, 0) is 10.0 Å². The van der Waals surface area contributed by atoms with Gasteiger partial charge in [0, 0.05) is 18.8 Å². The lowest BCUT2D eigenvalue weighted by molar-refractivity contribution is 0.0691. The van der Waals surface area contributed by atoms with Crippen molar-refractivity contribution >= 4 is 16.0 Å². The van der Waals surface area contributed by atoms with Gasteiger partial charge >= 0.3 is 5.97 Å². The Morgan fingerprint density at radius 1 is 1.47 bits per heavy atom. The Bertz CT molecular complexity index is 565. The van der Waals surface area contributed by atoms with Crippen LogP contribution < -0.4 is 0 Å². The van der Waals surface area contributed by atoms with Gasteiger partial charge in [-0.2, -0.15) is 4.31 Å². The fourth-order valence-corrected chi connectivity index (χ4v) is 3.93. The number of aromatic amines is 1. The molecule has 1 aliphatic heterocycles. The van der Waals surface area contributed by atoms with Crippen LogP contribution in [0.3, 0.4) is 0 Å². The van der Waals surface area contributed by atoms with Gasteiger partial charge < -0.3 is 15.2 Å². The lowest BCUT2D eigenvalue weighted by atomic mass is 10.1. The maximum Gasteiger partial charge on any atom is 0.352 e. The van der Waals surface area contributed by atoms with Gasteiger partial charge in [0.25, 0.3) is 0 Å². The van der Waals surface area contributed by atoms with Crippen molar-refractivity contribution in [2.24, 2.45) is 0 Å². The molecule has 0 bridgehead atoms. The quantitative estimate of drug-likeness (QED) is 0.735. The highest BCUT2D eigenvalue weighted by atomic mass is 32.2. The zero-order valence-electron chi connectivity index (χ0n) is 10.2. The van der Waals surface area contributed by atoms with Crippen molar-refractivity contribution in [1.29, 1.82) is 0 Å². The first kappa shape index (κ1) is 14.0. The number of aromatic carboxylic acids is 1. The summed E-state index contributed by atoms with van der Waals surface area (Å²) in [5.74, 6) is -1.21. The summed E-state index contributed by atoms with van der Waals surface area (Å²) in [6, 6.07) is 0.669. The van der Waals surface area contributed by atoms with Crippen LogP contribution in [0.1, 0.15) is 29.8 Å². The minimum atomic E-state index is -3.76. The average Bonchev–Trinajstić information content (AvgIpc) is 2.89. The molecule has 0 radical (unpaired) electrons. The Kier molecular flexibility index (Phi) is 3.93. The molecule has 2 heterocycles. The van der Waals surface area contributed by atoms with Gasteiger partial charge in [0.15, 0.2) is 0 Å². The number of rotatable bonds is 4. The van der Waals surface area contributed by atoms with Gasteiger partial charge in [-0.15, -0.1) is 0 Å². The summed E-state index contributed by atoms with van der Waals surface area (Å²) in [4.78, 5) is 13.1. The lowest BCUT2D eigenvalue weighted by Gasteiger charge is -2.33. The Hall–Kier alpha value is -1.38. The van der Waals surface area contributed by atoms with Crippen molar-refractivity contribution in [3.63, 3.8) is 0 Å². The SMILES string of the molecule is O=C(O)c1cc(S(=O)(=O)N2CCCCC2CO)c[nH]1. The third-order valence-corrected chi connectivity index (χ3v) is 5.21. The highest BCUT2D eigenvalue weighted by Crippen LogP contribution is 2.25. The monoisotopic (exact) mass is 288 g/mol. The van der Waals surface area contributed by atoms with E-state index >= 15 is 0 Å².